The zero-order chi connectivity index (χ0) is 16.0. The van der Waals surface area contributed by atoms with E-state index in [-0.39, 0.29) is 227 Å². The normalized spacial score (nSPS) is 0.762. The van der Waals surface area contributed by atoms with Crippen LogP contribution in [0.3, 0.4) is 0 Å². The number of nitrogens with zero attached hydrogens (tertiary/aromatic N) is 8. The quantitative estimate of drug-likeness (QED) is 0.251. The first-order valence-electron chi connectivity index (χ1n) is 1.79. The number of hydrogen-bond acceptors (Lipinski definition) is 8. The van der Waals surface area contributed by atoms with Crippen LogP contribution in [0.25, 0.3) is 0 Å². The van der Waals surface area contributed by atoms with Gasteiger partial charge in [-0.1, -0.05) is 0 Å². The molecular formula is C8K4MoN8. The van der Waals surface area contributed by atoms with E-state index in [0.29, 0.717) is 0 Å². The Morgan fingerprint density at radius 3 is 0.238 bits per heavy atom. The molecule has 0 aromatic rings. The van der Waals surface area contributed by atoms with Gasteiger partial charge in [0.05, 0.1) is 0 Å². The van der Waals surface area contributed by atoms with Crippen molar-refractivity contribution in [1.29, 1.82) is 42.1 Å². The molecule has 0 heterocycles. The molecule has 13 heteroatoms. The van der Waals surface area contributed by atoms with Crippen LogP contribution in [0.4, 0.5) is 0 Å². The molecule has 0 rings (SSSR count). The van der Waals surface area contributed by atoms with Crippen LogP contribution in [-0.4, -0.2) is 0 Å². The molecule has 0 aromatic carbocycles. The molecular weight excluding hydrogens is 460 g/mol. The molecule has 0 saturated carbocycles. The first-order chi connectivity index (χ1) is 8.00. The molecule has 82 valence electrons. The summed E-state index contributed by atoms with van der Waals surface area (Å²) in [5.74, 6) is 0. The Bertz CT molecular complexity index is 146. The summed E-state index contributed by atoms with van der Waals surface area (Å²) in [7, 11) is 0. The number of rotatable bonds is 0. The molecule has 0 saturated heterocycles. The van der Waals surface area contributed by atoms with Gasteiger partial charge in [-0.15, -0.1) is 0 Å². The molecule has 0 unspecified atom stereocenters. The monoisotopic (exact) mass is 462 g/mol. The van der Waals surface area contributed by atoms with Gasteiger partial charge < -0.3 is 94.7 Å². The van der Waals surface area contributed by atoms with Crippen LogP contribution in [0.1, 0.15) is 0 Å². The Labute approximate surface area is 312 Å². The van der Waals surface area contributed by atoms with E-state index in [1.54, 1.807) is 0 Å². The van der Waals surface area contributed by atoms with Crippen molar-refractivity contribution in [2.75, 3.05) is 0 Å². The summed E-state index contributed by atoms with van der Waals surface area (Å²) in [4.78, 5) is 0. The summed E-state index contributed by atoms with van der Waals surface area (Å²) >= 11 is 0. The van der Waals surface area contributed by atoms with Gasteiger partial charge in [0.25, 0.3) is 0 Å². The van der Waals surface area contributed by atoms with Crippen molar-refractivity contribution >= 4 is 0 Å². The van der Waals surface area contributed by atoms with Crippen LogP contribution in [0.2, 0.25) is 0 Å². The Morgan fingerprint density at radius 1 is 0.238 bits per heavy atom. The third-order valence-electron chi connectivity index (χ3n) is 0. The maximum Gasteiger partial charge on any atom is 4.00 e. The molecule has 0 aliphatic heterocycles. The van der Waals surface area contributed by atoms with Crippen molar-refractivity contribution in [3.8, 4) is 0 Å². The Hall–Kier alpha value is 3.15. The van der Waals surface area contributed by atoms with Crippen molar-refractivity contribution in [3.05, 3.63) is 52.6 Å². The largest absolute Gasteiger partial charge is 4.00 e. The average molecular weight is 460 g/mol. The smallest absolute Gasteiger partial charge is 0.512 e. The van der Waals surface area contributed by atoms with E-state index in [4.69, 9.17) is 94.7 Å². The fraction of sp³-hybridized carbons (Fsp3) is 0. The second-order valence-corrected chi connectivity index (χ2v) is 0. The minimum absolute atomic E-state index is 0. The van der Waals surface area contributed by atoms with E-state index in [2.05, 4.69) is 0 Å². The fourth-order valence-electron chi connectivity index (χ4n) is 0. The average Bonchev–Trinajstić information content (AvgIpc) is 2.54. The van der Waals surface area contributed by atoms with Crippen LogP contribution >= 0.6 is 0 Å². The minimum atomic E-state index is 0. The van der Waals surface area contributed by atoms with Crippen LogP contribution in [0.5, 0.6) is 0 Å². The maximum absolute atomic E-state index is 6.25. The van der Waals surface area contributed by atoms with Crippen LogP contribution in [-0.2, 0) is 21.1 Å². The Kier molecular flexibility index (Phi) is 5660. The van der Waals surface area contributed by atoms with E-state index in [1.807, 2.05) is 0 Å². The Morgan fingerprint density at radius 2 is 0.238 bits per heavy atom. The second-order valence-electron chi connectivity index (χ2n) is 0. The molecule has 0 aliphatic carbocycles. The molecule has 0 N–H and O–H groups in total. The summed E-state index contributed by atoms with van der Waals surface area (Å²) in [6, 6.07) is 0. The molecule has 0 amide bonds. The zero-order valence-electron chi connectivity index (χ0n) is 12.0. The first-order valence-corrected chi connectivity index (χ1v) is 1.79. The van der Waals surface area contributed by atoms with E-state index in [0.717, 1.165) is 0 Å². The van der Waals surface area contributed by atoms with E-state index in [9.17, 15) is 0 Å². The molecule has 0 spiro atoms. The van der Waals surface area contributed by atoms with Crippen molar-refractivity contribution in [1.82, 2.24) is 0 Å². The SMILES string of the molecule is [C-]#N.[C-]#N.[C-]#N.[C-]#N.[C-]#N.[C-]#N.[C-]#N.[C-]#N.[K+].[K+].[K+].[K+].[Mo+4]. The van der Waals surface area contributed by atoms with Gasteiger partial charge in [0.2, 0.25) is 0 Å². The molecule has 21 heavy (non-hydrogen) atoms. The van der Waals surface area contributed by atoms with E-state index >= 15 is 0 Å². The Balaban J connectivity index is -0.00000000306. The summed E-state index contributed by atoms with van der Waals surface area (Å²) in [6.07, 6.45) is 0. The van der Waals surface area contributed by atoms with E-state index < -0.39 is 0 Å². The molecule has 0 aromatic heterocycles. The fourth-order valence-corrected chi connectivity index (χ4v) is 0. The zero-order valence-corrected chi connectivity index (χ0v) is 26.5. The topological polar surface area (TPSA) is 190 Å². The van der Waals surface area contributed by atoms with Crippen LogP contribution in [0, 0.1) is 94.7 Å². The summed E-state index contributed by atoms with van der Waals surface area (Å²) in [6.45, 7) is 38.0. The standard InChI is InChI=1S/8CN.4K.Mo/c8*1-2;;;;;/q8*-1;4*+1;+4. The van der Waals surface area contributed by atoms with Gasteiger partial charge in [-0.2, -0.15) is 0 Å². The minimum Gasteiger partial charge on any atom is -0.512 e. The van der Waals surface area contributed by atoms with Crippen molar-refractivity contribution in [2.24, 2.45) is 0 Å². The van der Waals surface area contributed by atoms with Crippen LogP contribution in [0.15, 0.2) is 0 Å². The first kappa shape index (κ1) is 104. The molecule has 0 atom stereocenters. The van der Waals surface area contributed by atoms with Gasteiger partial charge in [-0.3, -0.25) is 0 Å². The van der Waals surface area contributed by atoms with Gasteiger partial charge in [0.1, 0.15) is 0 Å². The third kappa shape index (κ3) is 1040. The molecule has 0 bridgehead atoms. The molecule has 8 nitrogen and oxygen atoms in total. The van der Waals surface area contributed by atoms with E-state index in [1.165, 1.54) is 0 Å². The van der Waals surface area contributed by atoms with Gasteiger partial charge in [-0.05, 0) is 0 Å². The maximum atomic E-state index is 6.25. The predicted molar refractivity (Wildman–Crippen MR) is 39.7 cm³/mol. The second kappa shape index (κ2) is 1140. The predicted octanol–water partition coefficient (Wildman–Crippen LogP) is -11.2. The van der Waals surface area contributed by atoms with Gasteiger partial charge >= 0.3 is 227 Å². The van der Waals surface area contributed by atoms with Gasteiger partial charge in [0, 0.05) is 0 Å². The third-order valence-corrected chi connectivity index (χ3v) is 0. The van der Waals surface area contributed by atoms with Crippen LogP contribution < -0.4 is 206 Å². The molecule has 0 fully saturated rings. The van der Waals surface area contributed by atoms with Gasteiger partial charge in [-0.25, -0.2) is 0 Å². The molecule has 0 aliphatic rings. The summed E-state index contributed by atoms with van der Waals surface area (Å²) in [5.41, 5.74) is 0. The van der Waals surface area contributed by atoms with Crippen molar-refractivity contribution in [2.45, 2.75) is 0 Å². The van der Waals surface area contributed by atoms with Crippen molar-refractivity contribution in [3.63, 3.8) is 0 Å². The molecule has 0 radical (unpaired) electrons. The van der Waals surface area contributed by atoms with Crippen molar-refractivity contribution < 1.29 is 227 Å². The number of hydrogen-bond donors (Lipinski definition) is 0. The summed E-state index contributed by atoms with van der Waals surface area (Å²) < 4.78 is 0. The summed E-state index contributed by atoms with van der Waals surface area (Å²) in [5, 5.41) is 50.0. The van der Waals surface area contributed by atoms with Gasteiger partial charge in [0.15, 0.2) is 0 Å².